The van der Waals surface area contributed by atoms with Gasteiger partial charge in [-0.05, 0) is 24.3 Å². The van der Waals surface area contributed by atoms with Gasteiger partial charge in [-0.15, -0.1) is 6.58 Å². The second-order valence-corrected chi connectivity index (χ2v) is 8.03. The standard InChI is InChI=1S/C20H20BrClN4O/c1-2-16(27)12-5-3-4-6-13(12)19-24-9-14(22)20(26-19)25-15-10-23-18(17(15)21)11-7-8-11/h2-6,9,11,15-16,23,27H,1,7-8,10H2,(H,24,25,26). The molecule has 1 aliphatic heterocycles. The van der Waals surface area contributed by atoms with Crippen molar-refractivity contribution >= 4 is 33.3 Å². The molecule has 0 bridgehead atoms. The molecule has 1 aromatic carbocycles. The Morgan fingerprint density at radius 1 is 1.37 bits per heavy atom. The van der Waals surface area contributed by atoms with Crippen LogP contribution in [0.1, 0.15) is 24.5 Å². The third-order valence-corrected chi connectivity index (χ3v) is 6.10. The van der Waals surface area contributed by atoms with Gasteiger partial charge in [-0.2, -0.15) is 0 Å². The topological polar surface area (TPSA) is 70.1 Å². The normalized spacial score (nSPS) is 20.3. The Hall–Kier alpha value is -1.89. The van der Waals surface area contributed by atoms with Gasteiger partial charge < -0.3 is 15.7 Å². The molecule has 1 saturated carbocycles. The first-order valence-corrected chi connectivity index (χ1v) is 10.1. The van der Waals surface area contributed by atoms with Crippen molar-refractivity contribution < 1.29 is 5.11 Å². The third kappa shape index (κ3) is 3.74. The number of hydrogen-bond donors (Lipinski definition) is 3. The van der Waals surface area contributed by atoms with Gasteiger partial charge in [0.05, 0.1) is 18.3 Å². The van der Waals surface area contributed by atoms with Gasteiger partial charge in [-0.3, -0.25) is 0 Å². The fourth-order valence-corrected chi connectivity index (χ4v) is 4.13. The highest BCUT2D eigenvalue weighted by molar-refractivity contribution is 9.11. The molecular weight excluding hydrogens is 428 g/mol. The van der Waals surface area contributed by atoms with E-state index >= 15 is 0 Å². The average Bonchev–Trinajstić information content (AvgIpc) is 3.47. The van der Waals surface area contributed by atoms with Crippen LogP contribution in [0.15, 0.2) is 53.3 Å². The molecule has 1 aromatic heterocycles. The summed E-state index contributed by atoms with van der Waals surface area (Å²) < 4.78 is 1.14. The predicted octanol–water partition coefficient (Wildman–Crippen LogP) is 4.42. The first-order chi connectivity index (χ1) is 13.1. The maximum atomic E-state index is 10.2. The Morgan fingerprint density at radius 3 is 2.89 bits per heavy atom. The number of nitrogens with one attached hydrogen (secondary N) is 2. The summed E-state index contributed by atoms with van der Waals surface area (Å²) in [4.78, 5) is 9.00. The molecule has 0 amide bonds. The highest BCUT2D eigenvalue weighted by Crippen LogP contribution is 2.41. The quantitative estimate of drug-likeness (QED) is 0.572. The fourth-order valence-electron chi connectivity index (χ4n) is 3.25. The number of anilines is 1. The summed E-state index contributed by atoms with van der Waals surface area (Å²) in [5.74, 6) is 1.73. The van der Waals surface area contributed by atoms with E-state index in [1.54, 1.807) is 6.20 Å². The summed E-state index contributed by atoms with van der Waals surface area (Å²) in [6, 6.07) is 7.56. The Bertz CT molecular complexity index is 913. The molecule has 4 rings (SSSR count). The van der Waals surface area contributed by atoms with E-state index in [0.717, 1.165) is 16.6 Å². The van der Waals surface area contributed by atoms with E-state index < -0.39 is 6.10 Å². The fraction of sp³-hybridized carbons (Fsp3) is 0.300. The van der Waals surface area contributed by atoms with Gasteiger partial charge >= 0.3 is 0 Å². The smallest absolute Gasteiger partial charge is 0.161 e. The van der Waals surface area contributed by atoms with E-state index in [-0.39, 0.29) is 6.04 Å². The van der Waals surface area contributed by atoms with Crippen molar-refractivity contribution in [2.24, 2.45) is 5.92 Å². The number of hydrogen-bond acceptors (Lipinski definition) is 5. The highest BCUT2D eigenvalue weighted by atomic mass is 79.9. The van der Waals surface area contributed by atoms with Crippen molar-refractivity contribution in [3.05, 3.63) is 63.9 Å². The van der Waals surface area contributed by atoms with Crippen LogP contribution in [0.2, 0.25) is 5.02 Å². The zero-order valence-electron chi connectivity index (χ0n) is 14.6. The zero-order chi connectivity index (χ0) is 19.0. The van der Waals surface area contributed by atoms with Gasteiger partial charge in [0.25, 0.3) is 0 Å². The van der Waals surface area contributed by atoms with Crippen LogP contribution in [0.3, 0.4) is 0 Å². The molecule has 5 nitrogen and oxygen atoms in total. The summed E-state index contributed by atoms with van der Waals surface area (Å²) in [6.45, 7) is 4.45. The summed E-state index contributed by atoms with van der Waals surface area (Å²) >= 11 is 10.1. The first kappa shape index (κ1) is 18.5. The van der Waals surface area contributed by atoms with E-state index in [2.05, 4.69) is 43.1 Å². The highest BCUT2D eigenvalue weighted by Gasteiger charge is 2.34. The van der Waals surface area contributed by atoms with Gasteiger partial charge in [0.2, 0.25) is 0 Å². The molecule has 27 heavy (non-hydrogen) atoms. The second kappa shape index (κ2) is 7.62. The Labute approximate surface area is 171 Å². The SMILES string of the molecule is C=CC(O)c1ccccc1-c1ncc(Cl)c(NC2CNC(C3CC3)=C2Br)n1. The van der Waals surface area contributed by atoms with Gasteiger partial charge in [0.15, 0.2) is 5.82 Å². The molecule has 1 aliphatic carbocycles. The van der Waals surface area contributed by atoms with Gasteiger partial charge in [-0.25, -0.2) is 9.97 Å². The van der Waals surface area contributed by atoms with E-state index in [1.165, 1.54) is 24.6 Å². The van der Waals surface area contributed by atoms with Crippen molar-refractivity contribution in [2.75, 3.05) is 11.9 Å². The summed E-state index contributed by atoms with van der Waals surface area (Å²) in [5.41, 5.74) is 2.75. The van der Waals surface area contributed by atoms with Crippen LogP contribution in [0.5, 0.6) is 0 Å². The number of aromatic nitrogens is 2. The van der Waals surface area contributed by atoms with E-state index in [1.807, 2.05) is 24.3 Å². The van der Waals surface area contributed by atoms with Gasteiger partial charge in [-0.1, -0.05) is 57.9 Å². The number of halogens is 2. The van der Waals surface area contributed by atoms with Gasteiger partial charge in [0, 0.05) is 22.3 Å². The van der Waals surface area contributed by atoms with E-state index in [4.69, 9.17) is 11.6 Å². The summed E-state index contributed by atoms with van der Waals surface area (Å²) in [5, 5.41) is 17.6. The molecule has 2 aliphatic rings. The number of aliphatic hydroxyl groups excluding tert-OH is 1. The minimum absolute atomic E-state index is 0.0786. The van der Waals surface area contributed by atoms with Crippen LogP contribution in [0.4, 0.5) is 5.82 Å². The van der Waals surface area contributed by atoms with Crippen LogP contribution in [0, 0.1) is 5.92 Å². The molecule has 1 fully saturated rings. The van der Waals surface area contributed by atoms with E-state index in [9.17, 15) is 5.11 Å². The summed E-state index contributed by atoms with van der Waals surface area (Å²) in [7, 11) is 0. The van der Waals surface area contributed by atoms with Crippen LogP contribution in [0.25, 0.3) is 11.4 Å². The molecule has 0 saturated heterocycles. The molecule has 0 radical (unpaired) electrons. The molecule has 0 spiro atoms. The lowest BCUT2D eigenvalue weighted by Crippen LogP contribution is -2.25. The van der Waals surface area contributed by atoms with Crippen molar-refractivity contribution in [3.63, 3.8) is 0 Å². The maximum absolute atomic E-state index is 10.2. The van der Waals surface area contributed by atoms with Crippen molar-refractivity contribution in [1.82, 2.24) is 15.3 Å². The lowest BCUT2D eigenvalue weighted by atomic mass is 10.0. The van der Waals surface area contributed by atoms with Crippen LogP contribution in [-0.2, 0) is 0 Å². The molecule has 7 heteroatoms. The van der Waals surface area contributed by atoms with Crippen LogP contribution >= 0.6 is 27.5 Å². The summed E-state index contributed by atoms with van der Waals surface area (Å²) in [6.07, 6.45) is 4.77. The predicted molar refractivity (Wildman–Crippen MR) is 112 cm³/mol. The molecule has 2 heterocycles. The number of benzene rings is 1. The number of allylic oxidation sites excluding steroid dienone is 1. The van der Waals surface area contributed by atoms with E-state index in [0.29, 0.717) is 28.1 Å². The lowest BCUT2D eigenvalue weighted by Gasteiger charge is -2.16. The first-order valence-electron chi connectivity index (χ1n) is 8.91. The van der Waals surface area contributed by atoms with Crippen molar-refractivity contribution in [3.8, 4) is 11.4 Å². The minimum Gasteiger partial charge on any atom is -0.385 e. The van der Waals surface area contributed by atoms with Crippen LogP contribution < -0.4 is 10.6 Å². The van der Waals surface area contributed by atoms with Crippen molar-refractivity contribution in [1.29, 1.82) is 0 Å². The Kier molecular flexibility index (Phi) is 5.21. The molecule has 140 valence electrons. The number of rotatable bonds is 6. The molecular formula is C20H20BrClN4O. The molecule has 2 aromatic rings. The molecule has 2 atom stereocenters. The van der Waals surface area contributed by atoms with Gasteiger partial charge in [0.1, 0.15) is 10.8 Å². The average molecular weight is 448 g/mol. The second-order valence-electron chi connectivity index (χ2n) is 6.77. The largest absolute Gasteiger partial charge is 0.385 e. The van der Waals surface area contributed by atoms with Crippen molar-refractivity contribution in [2.45, 2.75) is 25.0 Å². The Balaban J connectivity index is 1.64. The maximum Gasteiger partial charge on any atom is 0.161 e. The minimum atomic E-state index is -0.783. The third-order valence-electron chi connectivity index (χ3n) is 4.84. The monoisotopic (exact) mass is 446 g/mol. The zero-order valence-corrected chi connectivity index (χ0v) is 17.0. The van der Waals surface area contributed by atoms with Crippen LogP contribution in [-0.4, -0.2) is 27.7 Å². The number of aliphatic hydroxyl groups is 1. The lowest BCUT2D eigenvalue weighted by molar-refractivity contribution is 0.229. The molecule has 3 N–H and O–H groups in total. The Morgan fingerprint density at radius 2 is 2.15 bits per heavy atom. The number of nitrogens with zero attached hydrogens (tertiary/aromatic N) is 2. The molecule has 2 unspecified atom stereocenters.